The van der Waals surface area contributed by atoms with Gasteiger partial charge in [0.2, 0.25) is 5.91 Å². The van der Waals surface area contributed by atoms with Crippen LogP contribution in [0, 0.1) is 5.82 Å². The van der Waals surface area contributed by atoms with Crippen molar-refractivity contribution in [2.45, 2.75) is 43.9 Å². The van der Waals surface area contributed by atoms with E-state index in [0.29, 0.717) is 17.3 Å². The maximum absolute atomic E-state index is 13.7. The fraction of sp³-hybridized carbons (Fsp3) is 0.269. The number of carbonyl (C=O) groups is 1. The zero-order valence-electron chi connectivity index (χ0n) is 17.3. The Balaban J connectivity index is 1.28. The fourth-order valence-electron chi connectivity index (χ4n) is 4.17. The van der Waals surface area contributed by atoms with Gasteiger partial charge in [-0.1, -0.05) is 60.7 Å². The van der Waals surface area contributed by atoms with E-state index in [1.54, 1.807) is 18.2 Å². The van der Waals surface area contributed by atoms with Gasteiger partial charge in [0, 0.05) is 17.8 Å². The lowest BCUT2D eigenvalue weighted by atomic mass is 10.0. The molecule has 3 N–H and O–H groups in total. The van der Waals surface area contributed by atoms with Crippen LogP contribution < -0.4 is 10.6 Å². The van der Waals surface area contributed by atoms with Crippen molar-refractivity contribution >= 4 is 11.6 Å². The van der Waals surface area contributed by atoms with Gasteiger partial charge in [-0.3, -0.25) is 4.79 Å². The maximum atomic E-state index is 13.7. The van der Waals surface area contributed by atoms with Crippen molar-refractivity contribution in [1.29, 1.82) is 0 Å². The van der Waals surface area contributed by atoms with E-state index in [9.17, 15) is 14.3 Å². The van der Waals surface area contributed by atoms with E-state index < -0.39 is 6.10 Å². The molecule has 0 radical (unpaired) electrons. The molecular formula is C26H27FN2O2. The molecule has 1 aliphatic heterocycles. The van der Waals surface area contributed by atoms with Gasteiger partial charge < -0.3 is 15.7 Å². The Labute approximate surface area is 182 Å². The number of hydrogen-bond acceptors (Lipinski definition) is 3. The quantitative estimate of drug-likeness (QED) is 0.533. The Bertz CT molecular complexity index is 1010. The second-order valence-electron chi connectivity index (χ2n) is 8.12. The first-order chi connectivity index (χ1) is 15.1. The van der Waals surface area contributed by atoms with Gasteiger partial charge in [-0.15, -0.1) is 0 Å². The largest absolute Gasteiger partial charge is 0.387 e. The molecule has 31 heavy (non-hydrogen) atoms. The van der Waals surface area contributed by atoms with Crippen LogP contribution in [-0.2, 0) is 17.6 Å². The van der Waals surface area contributed by atoms with Crippen LogP contribution in [0.4, 0.5) is 10.1 Å². The van der Waals surface area contributed by atoms with Gasteiger partial charge in [0.15, 0.2) is 0 Å². The second-order valence-corrected chi connectivity index (χ2v) is 8.12. The molecule has 0 aromatic heterocycles. The van der Waals surface area contributed by atoms with Crippen molar-refractivity contribution in [3.8, 4) is 0 Å². The number of benzene rings is 3. The van der Waals surface area contributed by atoms with E-state index in [-0.39, 0.29) is 24.2 Å². The first kappa shape index (κ1) is 21.2. The summed E-state index contributed by atoms with van der Waals surface area (Å²) in [6.45, 7) is 0. The summed E-state index contributed by atoms with van der Waals surface area (Å²) < 4.78 is 13.7. The Hall–Kier alpha value is -3.02. The summed E-state index contributed by atoms with van der Waals surface area (Å²) in [5.41, 5.74) is 3.19. The van der Waals surface area contributed by atoms with E-state index in [4.69, 9.17) is 0 Å². The predicted molar refractivity (Wildman–Crippen MR) is 120 cm³/mol. The first-order valence-corrected chi connectivity index (χ1v) is 10.7. The summed E-state index contributed by atoms with van der Waals surface area (Å²) in [7, 11) is 0. The average molecular weight is 419 g/mol. The van der Waals surface area contributed by atoms with Crippen LogP contribution in [0.3, 0.4) is 0 Å². The molecule has 0 bridgehead atoms. The molecule has 0 spiro atoms. The number of halogens is 1. The summed E-state index contributed by atoms with van der Waals surface area (Å²) in [6.07, 6.45) is 2.31. The molecular weight excluding hydrogens is 391 g/mol. The smallest absolute Gasteiger partial charge is 0.228 e. The summed E-state index contributed by atoms with van der Waals surface area (Å²) in [4.78, 5) is 12.2. The minimum absolute atomic E-state index is 0.00550. The maximum Gasteiger partial charge on any atom is 0.228 e. The number of hydrogen-bond donors (Lipinski definition) is 3. The van der Waals surface area contributed by atoms with E-state index in [2.05, 4.69) is 10.6 Å². The van der Waals surface area contributed by atoms with Crippen LogP contribution in [0.25, 0.3) is 0 Å². The van der Waals surface area contributed by atoms with Gasteiger partial charge in [0.25, 0.3) is 0 Å². The normalized spacial score (nSPS) is 19.2. The Morgan fingerprint density at radius 2 is 1.71 bits per heavy atom. The van der Waals surface area contributed by atoms with Crippen LogP contribution in [0.5, 0.6) is 0 Å². The van der Waals surface area contributed by atoms with Crippen molar-refractivity contribution in [1.82, 2.24) is 5.32 Å². The number of aliphatic hydroxyl groups is 1. The van der Waals surface area contributed by atoms with Crippen molar-refractivity contribution in [3.05, 3.63) is 101 Å². The molecule has 0 aliphatic carbocycles. The lowest BCUT2D eigenvalue weighted by Gasteiger charge is -2.20. The molecule has 4 nitrogen and oxygen atoms in total. The summed E-state index contributed by atoms with van der Waals surface area (Å²) in [6, 6.07) is 24.2. The number of aliphatic hydroxyl groups excluding tert-OH is 1. The molecule has 1 heterocycles. The summed E-state index contributed by atoms with van der Waals surface area (Å²) in [5, 5.41) is 17.0. The van der Waals surface area contributed by atoms with Gasteiger partial charge >= 0.3 is 0 Å². The third-order valence-corrected chi connectivity index (χ3v) is 5.83. The number of carbonyl (C=O) groups excluding carboxylic acids is 1. The molecule has 0 unspecified atom stereocenters. The van der Waals surface area contributed by atoms with Crippen LogP contribution in [0.1, 0.15) is 35.6 Å². The zero-order chi connectivity index (χ0) is 21.6. The van der Waals surface area contributed by atoms with Gasteiger partial charge in [-0.05, 0) is 54.2 Å². The topological polar surface area (TPSA) is 61.4 Å². The molecule has 160 valence electrons. The van der Waals surface area contributed by atoms with Crippen LogP contribution >= 0.6 is 0 Å². The number of amides is 1. The Kier molecular flexibility index (Phi) is 6.75. The monoisotopic (exact) mass is 418 g/mol. The molecule has 1 amide bonds. The molecule has 1 saturated heterocycles. The molecule has 5 heteroatoms. The van der Waals surface area contributed by atoms with Crippen LogP contribution in [0.2, 0.25) is 0 Å². The molecule has 0 saturated carbocycles. The molecule has 3 atom stereocenters. The van der Waals surface area contributed by atoms with Crippen molar-refractivity contribution in [2.75, 3.05) is 5.32 Å². The minimum Gasteiger partial charge on any atom is -0.387 e. The Morgan fingerprint density at radius 3 is 2.45 bits per heavy atom. The van der Waals surface area contributed by atoms with Crippen molar-refractivity contribution in [3.63, 3.8) is 0 Å². The molecule has 3 aromatic carbocycles. The minimum atomic E-state index is -0.502. The number of anilines is 1. The first-order valence-electron chi connectivity index (χ1n) is 10.7. The number of nitrogens with one attached hydrogen (secondary N) is 2. The highest BCUT2D eigenvalue weighted by atomic mass is 19.1. The average Bonchev–Trinajstić information content (AvgIpc) is 3.25. The van der Waals surface area contributed by atoms with Gasteiger partial charge in [0.05, 0.1) is 12.5 Å². The van der Waals surface area contributed by atoms with Crippen LogP contribution in [0.15, 0.2) is 78.9 Å². The van der Waals surface area contributed by atoms with Gasteiger partial charge in [-0.2, -0.15) is 0 Å². The predicted octanol–water partition coefficient (Wildman–Crippen LogP) is 4.40. The van der Waals surface area contributed by atoms with Crippen molar-refractivity contribution in [2.24, 2.45) is 0 Å². The molecule has 1 aliphatic rings. The SMILES string of the molecule is O=C(Cc1ccccc1F)Nc1ccc(C[C@@H]2CC[C@H]([C@H](O)c3ccccc3)N2)cc1. The highest BCUT2D eigenvalue weighted by Gasteiger charge is 2.29. The zero-order valence-corrected chi connectivity index (χ0v) is 17.3. The third-order valence-electron chi connectivity index (χ3n) is 5.83. The highest BCUT2D eigenvalue weighted by Crippen LogP contribution is 2.27. The number of rotatable bonds is 7. The second kappa shape index (κ2) is 9.86. The molecule has 4 rings (SSSR count). The highest BCUT2D eigenvalue weighted by molar-refractivity contribution is 5.92. The lowest BCUT2D eigenvalue weighted by Crippen LogP contribution is -2.35. The van der Waals surface area contributed by atoms with E-state index >= 15 is 0 Å². The summed E-state index contributed by atoms with van der Waals surface area (Å²) in [5.74, 6) is -0.610. The van der Waals surface area contributed by atoms with E-state index in [0.717, 1.165) is 24.8 Å². The van der Waals surface area contributed by atoms with E-state index in [1.165, 1.54) is 11.6 Å². The third kappa shape index (κ3) is 5.57. The van der Waals surface area contributed by atoms with E-state index in [1.807, 2.05) is 54.6 Å². The van der Waals surface area contributed by atoms with Crippen LogP contribution in [-0.4, -0.2) is 23.1 Å². The van der Waals surface area contributed by atoms with Gasteiger partial charge in [0.1, 0.15) is 5.82 Å². The summed E-state index contributed by atoms with van der Waals surface area (Å²) >= 11 is 0. The standard InChI is InChI=1S/C26H27FN2O2/c27-23-9-5-4-8-20(23)17-25(30)29-21-12-10-18(11-13-21)16-22-14-15-24(28-22)26(31)19-6-2-1-3-7-19/h1-13,22,24,26,28,31H,14-17H2,(H,29,30)/t22-,24+,26+/m0/s1. The fourth-order valence-corrected chi connectivity index (χ4v) is 4.17. The lowest BCUT2D eigenvalue weighted by molar-refractivity contribution is -0.115. The van der Waals surface area contributed by atoms with Gasteiger partial charge in [-0.25, -0.2) is 4.39 Å². The molecule has 1 fully saturated rings. The molecule has 3 aromatic rings. The van der Waals surface area contributed by atoms with Crippen molar-refractivity contribution < 1.29 is 14.3 Å². The Morgan fingerprint density at radius 1 is 1.00 bits per heavy atom.